The molecule has 2 aromatic carbocycles. The van der Waals surface area contributed by atoms with E-state index < -0.39 is 50.6 Å². The maximum Gasteiger partial charge on any atom is 0.697 e. The van der Waals surface area contributed by atoms with Crippen molar-refractivity contribution in [3.8, 4) is 0 Å². The number of hydrogen-bond acceptors (Lipinski definition) is 8. The van der Waals surface area contributed by atoms with Gasteiger partial charge in [0.05, 0.1) is 11.1 Å². The molecule has 0 aromatic heterocycles. The lowest BCUT2D eigenvalue weighted by atomic mass is 10.0. The molecule has 0 radical (unpaired) electrons. The number of esters is 2. The van der Waals surface area contributed by atoms with E-state index in [1.807, 2.05) is 0 Å². The molecule has 1 saturated heterocycles. The molecule has 1 N–H and O–H groups in total. The summed E-state index contributed by atoms with van der Waals surface area (Å²) < 4.78 is 31.8. The van der Waals surface area contributed by atoms with E-state index in [2.05, 4.69) is 0 Å². The number of carbonyl (C=O) groups excluding carboxylic acids is 3. The van der Waals surface area contributed by atoms with Crippen LogP contribution in [0.5, 0.6) is 0 Å². The third-order valence-corrected chi connectivity index (χ3v) is 4.65. The number of carbonyl (C=O) groups is 3. The lowest BCUT2D eigenvalue weighted by Crippen LogP contribution is -2.57. The van der Waals surface area contributed by atoms with Crippen molar-refractivity contribution < 1.29 is 42.6 Å². The second-order valence-corrected chi connectivity index (χ2v) is 7.03. The molecule has 1 unspecified atom stereocenters. The monoisotopic (exact) mass is 433 g/mol. The van der Waals surface area contributed by atoms with Gasteiger partial charge in [0.15, 0.2) is 6.10 Å². The molecule has 1 aliphatic rings. The summed E-state index contributed by atoms with van der Waals surface area (Å²) in [7, 11) is -3.16. The van der Waals surface area contributed by atoms with Gasteiger partial charge < -0.3 is 14.2 Å². The smallest absolute Gasteiger partial charge is 0.448 e. The van der Waals surface area contributed by atoms with Crippen molar-refractivity contribution in [2.45, 2.75) is 31.5 Å². The van der Waals surface area contributed by atoms with E-state index in [9.17, 15) is 18.9 Å². The molecule has 9 nitrogen and oxygen atoms in total. The first-order valence-electron chi connectivity index (χ1n) is 8.91. The Labute approximate surface area is 172 Å². The first-order chi connectivity index (χ1) is 14.4. The van der Waals surface area contributed by atoms with E-state index >= 15 is 0 Å². The van der Waals surface area contributed by atoms with Crippen LogP contribution < -0.4 is 0 Å². The minimum Gasteiger partial charge on any atom is -0.448 e. The molecule has 0 aliphatic carbocycles. The van der Waals surface area contributed by atoms with Crippen LogP contribution in [0.2, 0.25) is 0 Å². The second kappa shape index (κ2) is 9.69. The van der Waals surface area contributed by atoms with Gasteiger partial charge in [-0.3, -0.25) is 4.79 Å². The van der Waals surface area contributed by atoms with Crippen molar-refractivity contribution >= 4 is 26.0 Å². The van der Waals surface area contributed by atoms with Crippen molar-refractivity contribution in [3.63, 3.8) is 0 Å². The summed E-state index contributed by atoms with van der Waals surface area (Å²) in [5.41, 5.74) is 0.362. The largest absolute Gasteiger partial charge is 0.697 e. The second-order valence-electron chi connectivity index (χ2n) is 6.34. The molecule has 1 heterocycles. The van der Waals surface area contributed by atoms with Crippen molar-refractivity contribution in [2.75, 3.05) is 0 Å². The number of rotatable bonds is 6. The number of hydrogen-bond donors (Lipinski definition) is 1. The van der Waals surface area contributed by atoms with Crippen molar-refractivity contribution in [2.24, 2.45) is 0 Å². The topological polar surface area (TPSA) is 125 Å². The van der Waals surface area contributed by atoms with Gasteiger partial charge in [-0.2, -0.15) is 0 Å². The van der Waals surface area contributed by atoms with Crippen molar-refractivity contribution in [1.82, 2.24) is 0 Å². The molecule has 0 amide bonds. The van der Waals surface area contributed by atoms with Crippen molar-refractivity contribution in [3.05, 3.63) is 71.8 Å². The zero-order valence-corrected chi connectivity index (χ0v) is 16.6. The number of Topliss-reactive ketones (excluding diaryl/α,β-unsaturated/α-hetero) is 1. The van der Waals surface area contributed by atoms with Gasteiger partial charge in [0.1, 0.15) is 6.10 Å². The van der Waals surface area contributed by atoms with Gasteiger partial charge in [0.25, 0.3) is 6.29 Å². The summed E-state index contributed by atoms with van der Waals surface area (Å²) in [6.07, 6.45) is -5.78. The molecule has 5 atom stereocenters. The minimum atomic E-state index is -3.16. The average Bonchev–Trinajstić information content (AvgIpc) is 2.74. The Morgan fingerprint density at radius 3 is 1.83 bits per heavy atom. The molecular formula is C20H18O9P+. The van der Waals surface area contributed by atoms with Crippen LogP contribution in [0.1, 0.15) is 27.6 Å². The SMILES string of the molecule is C[C@H]1O[C@H](O[P+](=O)O)[C@H](OC(=O)c2ccccc2)C(=O)[C@@H]1OC(=O)c1ccccc1. The standard InChI is InChI=1S/C20H17O9P/c1-12-16(27-18(22)13-8-4-2-5-9-13)15(21)17(20(26-12)29-30(24)25)28-19(23)14-10-6-3-7-11-14/h2-12,16-17,20H,1H3/p+1/t12-,16-,17-,20-/m1/s1. The van der Waals surface area contributed by atoms with Crippen LogP contribution in [-0.2, 0) is 28.1 Å². The fraction of sp³-hybridized carbons (Fsp3) is 0.250. The Morgan fingerprint density at radius 2 is 1.37 bits per heavy atom. The summed E-state index contributed by atoms with van der Waals surface area (Å²) in [5.74, 6) is -2.48. The van der Waals surface area contributed by atoms with E-state index in [4.69, 9.17) is 23.6 Å². The van der Waals surface area contributed by atoms with Gasteiger partial charge in [0, 0.05) is 4.57 Å². The maximum atomic E-state index is 13.0. The highest BCUT2D eigenvalue weighted by atomic mass is 31.1. The fourth-order valence-corrected chi connectivity index (χ4v) is 3.17. The summed E-state index contributed by atoms with van der Waals surface area (Å²) in [6.45, 7) is 1.43. The third kappa shape index (κ3) is 5.14. The summed E-state index contributed by atoms with van der Waals surface area (Å²) >= 11 is 0. The van der Waals surface area contributed by atoms with Gasteiger partial charge in [0.2, 0.25) is 11.9 Å². The highest BCUT2D eigenvalue weighted by molar-refractivity contribution is 7.32. The highest BCUT2D eigenvalue weighted by Gasteiger charge is 2.51. The van der Waals surface area contributed by atoms with Crippen LogP contribution in [0.25, 0.3) is 0 Å². The molecule has 10 heteroatoms. The van der Waals surface area contributed by atoms with E-state index in [-0.39, 0.29) is 11.1 Å². The van der Waals surface area contributed by atoms with Crippen LogP contribution in [0, 0.1) is 0 Å². The lowest BCUT2D eigenvalue weighted by molar-refractivity contribution is -0.220. The zero-order chi connectivity index (χ0) is 21.7. The third-order valence-electron chi connectivity index (χ3n) is 4.26. The van der Waals surface area contributed by atoms with Gasteiger partial charge in [-0.1, -0.05) is 40.9 Å². The molecule has 3 rings (SSSR count). The van der Waals surface area contributed by atoms with Gasteiger partial charge in [-0.15, -0.1) is 4.89 Å². The summed E-state index contributed by atoms with van der Waals surface area (Å²) in [4.78, 5) is 46.8. The molecular weight excluding hydrogens is 415 g/mol. The first kappa shape index (κ1) is 21.7. The Kier molecular flexibility index (Phi) is 7.02. The Morgan fingerprint density at radius 1 is 0.900 bits per heavy atom. The fourth-order valence-electron chi connectivity index (χ4n) is 2.83. The molecule has 30 heavy (non-hydrogen) atoms. The first-order valence-corrected chi connectivity index (χ1v) is 10.0. The van der Waals surface area contributed by atoms with Crippen LogP contribution in [0.15, 0.2) is 60.7 Å². The molecule has 0 saturated carbocycles. The summed E-state index contributed by atoms with van der Waals surface area (Å²) in [6, 6.07) is 15.8. The predicted molar refractivity (Wildman–Crippen MR) is 102 cm³/mol. The normalized spacial score (nSPS) is 24.1. The Bertz CT molecular complexity index is 932. The summed E-state index contributed by atoms with van der Waals surface area (Å²) in [5, 5.41) is 0. The molecule has 2 aromatic rings. The quantitative estimate of drug-likeness (QED) is 0.540. The molecule has 1 fully saturated rings. The predicted octanol–water partition coefficient (Wildman–Crippen LogP) is 2.42. The van der Waals surface area contributed by atoms with E-state index in [1.54, 1.807) is 36.4 Å². The number of benzene rings is 2. The van der Waals surface area contributed by atoms with Crippen molar-refractivity contribution in [1.29, 1.82) is 0 Å². The van der Waals surface area contributed by atoms with E-state index in [0.717, 1.165) is 0 Å². The molecule has 0 spiro atoms. The van der Waals surface area contributed by atoms with E-state index in [0.29, 0.717) is 0 Å². The van der Waals surface area contributed by atoms with Crippen LogP contribution in [0.4, 0.5) is 0 Å². The zero-order valence-electron chi connectivity index (χ0n) is 15.7. The number of ether oxygens (including phenoxy) is 3. The lowest BCUT2D eigenvalue weighted by Gasteiger charge is -2.35. The average molecular weight is 433 g/mol. The molecule has 156 valence electrons. The highest BCUT2D eigenvalue weighted by Crippen LogP contribution is 2.30. The Balaban J connectivity index is 1.81. The number of ketones is 1. The van der Waals surface area contributed by atoms with Crippen LogP contribution in [0.3, 0.4) is 0 Å². The minimum absolute atomic E-state index is 0.147. The maximum absolute atomic E-state index is 13.0. The van der Waals surface area contributed by atoms with E-state index in [1.165, 1.54) is 31.2 Å². The van der Waals surface area contributed by atoms with Gasteiger partial charge in [-0.25, -0.2) is 9.59 Å². The van der Waals surface area contributed by atoms with Crippen LogP contribution >= 0.6 is 8.25 Å². The van der Waals surface area contributed by atoms with Gasteiger partial charge in [-0.05, 0) is 31.2 Å². The molecule has 1 aliphatic heterocycles. The molecule has 0 bridgehead atoms. The van der Waals surface area contributed by atoms with Crippen LogP contribution in [-0.4, -0.2) is 47.2 Å². The Hall–Kier alpha value is -2.97. The van der Waals surface area contributed by atoms with Gasteiger partial charge >= 0.3 is 20.2 Å².